The fraction of sp³-hybridized carbons (Fsp3) is 0.941. The molecule has 1 aliphatic rings. The lowest BCUT2D eigenvalue weighted by molar-refractivity contribution is 0.0260. The summed E-state index contributed by atoms with van der Waals surface area (Å²) in [5, 5.41) is 3.62. The van der Waals surface area contributed by atoms with Crippen LogP contribution in [0, 0.1) is 0 Å². The molecular formula is C17H34N2O2. The van der Waals surface area contributed by atoms with Gasteiger partial charge in [-0.1, -0.05) is 32.1 Å². The van der Waals surface area contributed by atoms with Gasteiger partial charge in [-0.15, -0.1) is 0 Å². The number of nitrogens with one attached hydrogen (secondary N) is 1. The summed E-state index contributed by atoms with van der Waals surface area (Å²) in [6.45, 7) is 10.0. The van der Waals surface area contributed by atoms with Gasteiger partial charge >= 0.3 is 6.09 Å². The molecule has 4 heteroatoms. The summed E-state index contributed by atoms with van der Waals surface area (Å²) in [5.74, 6) is 0. The summed E-state index contributed by atoms with van der Waals surface area (Å²) in [6, 6.07) is 0.627. The van der Waals surface area contributed by atoms with Crippen molar-refractivity contribution in [3.63, 3.8) is 0 Å². The van der Waals surface area contributed by atoms with Gasteiger partial charge in [-0.25, -0.2) is 4.79 Å². The number of carbonyl (C=O) groups excluding carboxylic acids is 1. The number of nitrogens with zero attached hydrogens (tertiary/aromatic N) is 1. The Bertz CT molecular complexity index is 292. The molecule has 0 heterocycles. The van der Waals surface area contributed by atoms with E-state index in [9.17, 15) is 4.79 Å². The van der Waals surface area contributed by atoms with Gasteiger partial charge in [-0.2, -0.15) is 0 Å². The third-order valence-corrected chi connectivity index (χ3v) is 3.95. The Balaban J connectivity index is 2.28. The van der Waals surface area contributed by atoms with Crippen LogP contribution in [0.5, 0.6) is 0 Å². The number of amides is 1. The Kier molecular flexibility index (Phi) is 8.09. The summed E-state index contributed by atoms with van der Waals surface area (Å²) < 4.78 is 5.43. The molecule has 1 saturated carbocycles. The van der Waals surface area contributed by atoms with Crippen LogP contribution in [0.2, 0.25) is 0 Å². The maximum absolute atomic E-state index is 12.0. The summed E-state index contributed by atoms with van der Waals surface area (Å²) in [5.41, 5.74) is -0.419. The third-order valence-electron chi connectivity index (χ3n) is 3.95. The fourth-order valence-corrected chi connectivity index (χ4v) is 2.77. The van der Waals surface area contributed by atoms with Crippen molar-refractivity contribution in [2.24, 2.45) is 0 Å². The lowest BCUT2D eigenvalue weighted by atomic mass is 9.97. The van der Waals surface area contributed by atoms with Gasteiger partial charge in [0.1, 0.15) is 5.60 Å². The van der Waals surface area contributed by atoms with Gasteiger partial charge in [0.2, 0.25) is 0 Å². The van der Waals surface area contributed by atoms with E-state index in [0.717, 1.165) is 13.1 Å². The highest BCUT2D eigenvalue weighted by Crippen LogP contribution is 2.17. The molecule has 0 unspecified atom stereocenters. The first-order valence-corrected chi connectivity index (χ1v) is 8.63. The molecule has 4 nitrogen and oxygen atoms in total. The van der Waals surface area contributed by atoms with E-state index < -0.39 is 5.60 Å². The van der Waals surface area contributed by atoms with E-state index in [1.54, 1.807) is 4.90 Å². The third kappa shape index (κ3) is 8.30. The van der Waals surface area contributed by atoms with Crippen molar-refractivity contribution in [2.75, 3.05) is 19.6 Å². The van der Waals surface area contributed by atoms with Gasteiger partial charge in [0, 0.05) is 25.7 Å². The van der Waals surface area contributed by atoms with Crippen LogP contribution in [0.3, 0.4) is 0 Å². The lowest BCUT2D eigenvalue weighted by Gasteiger charge is -2.27. The Morgan fingerprint density at radius 3 is 2.24 bits per heavy atom. The van der Waals surface area contributed by atoms with Crippen LogP contribution in [0.25, 0.3) is 0 Å². The highest BCUT2D eigenvalue weighted by atomic mass is 16.6. The standard InChI is InChI=1S/C17H34N2O2/c1-5-19(16(20)21-17(2,3)4)14-13-18-15-11-9-7-6-8-10-12-15/h15,18H,5-14H2,1-4H3. The minimum Gasteiger partial charge on any atom is -0.444 e. The van der Waals surface area contributed by atoms with E-state index in [1.165, 1.54) is 44.9 Å². The smallest absolute Gasteiger partial charge is 0.410 e. The van der Waals surface area contributed by atoms with Gasteiger partial charge in [0.25, 0.3) is 0 Å². The Morgan fingerprint density at radius 2 is 1.71 bits per heavy atom. The van der Waals surface area contributed by atoms with Crippen molar-refractivity contribution in [1.82, 2.24) is 10.2 Å². The molecule has 0 aromatic carbocycles. The molecule has 0 radical (unpaired) electrons. The van der Waals surface area contributed by atoms with Crippen molar-refractivity contribution >= 4 is 6.09 Å². The summed E-state index contributed by atoms with van der Waals surface area (Å²) in [6.07, 6.45) is 9.16. The molecule has 124 valence electrons. The zero-order valence-electron chi connectivity index (χ0n) is 14.4. The minimum atomic E-state index is -0.419. The molecule has 0 aromatic heterocycles. The SMILES string of the molecule is CCN(CCNC1CCCCCCC1)C(=O)OC(C)(C)C. The molecule has 1 amide bonds. The van der Waals surface area contributed by atoms with Crippen LogP contribution in [0.1, 0.15) is 72.6 Å². The van der Waals surface area contributed by atoms with E-state index >= 15 is 0 Å². The number of ether oxygens (including phenoxy) is 1. The predicted molar refractivity (Wildman–Crippen MR) is 87.6 cm³/mol. The van der Waals surface area contributed by atoms with Gasteiger partial charge < -0.3 is 15.0 Å². The normalized spacial score (nSPS) is 17.9. The van der Waals surface area contributed by atoms with Gasteiger partial charge in [0.05, 0.1) is 0 Å². The van der Waals surface area contributed by atoms with Crippen molar-refractivity contribution in [2.45, 2.75) is 84.3 Å². The number of likely N-dealkylation sites (N-methyl/N-ethyl adjacent to an activating group) is 1. The predicted octanol–water partition coefficient (Wildman–Crippen LogP) is 3.95. The fourth-order valence-electron chi connectivity index (χ4n) is 2.77. The summed E-state index contributed by atoms with van der Waals surface area (Å²) in [4.78, 5) is 13.8. The second-order valence-electron chi connectivity index (χ2n) is 7.06. The molecular weight excluding hydrogens is 264 g/mol. The summed E-state index contributed by atoms with van der Waals surface area (Å²) >= 11 is 0. The molecule has 0 aliphatic heterocycles. The molecule has 0 spiro atoms. The zero-order valence-corrected chi connectivity index (χ0v) is 14.4. The first-order chi connectivity index (χ1) is 9.92. The van der Waals surface area contributed by atoms with Gasteiger partial charge in [0.15, 0.2) is 0 Å². The average molecular weight is 298 g/mol. The Labute approximate surface area is 130 Å². The topological polar surface area (TPSA) is 41.6 Å². The second-order valence-corrected chi connectivity index (χ2v) is 7.06. The molecule has 1 rings (SSSR count). The maximum atomic E-state index is 12.0. The van der Waals surface area contributed by atoms with E-state index in [-0.39, 0.29) is 6.09 Å². The molecule has 0 bridgehead atoms. The van der Waals surface area contributed by atoms with Crippen molar-refractivity contribution in [3.8, 4) is 0 Å². The highest BCUT2D eigenvalue weighted by Gasteiger charge is 2.21. The molecule has 1 fully saturated rings. The number of carbonyl (C=O) groups is 1. The van der Waals surface area contributed by atoms with Crippen LogP contribution >= 0.6 is 0 Å². The van der Waals surface area contributed by atoms with Crippen molar-refractivity contribution in [1.29, 1.82) is 0 Å². The first-order valence-electron chi connectivity index (χ1n) is 8.63. The Hall–Kier alpha value is -0.770. The summed E-state index contributed by atoms with van der Waals surface area (Å²) in [7, 11) is 0. The van der Waals surface area contributed by atoms with E-state index in [4.69, 9.17) is 4.74 Å². The highest BCUT2D eigenvalue weighted by molar-refractivity contribution is 5.68. The van der Waals surface area contributed by atoms with Gasteiger partial charge in [-0.05, 0) is 40.5 Å². The molecule has 21 heavy (non-hydrogen) atoms. The molecule has 0 saturated heterocycles. The Morgan fingerprint density at radius 1 is 1.14 bits per heavy atom. The van der Waals surface area contributed by atoms with Crippen LogP contribution < -0.4 is 5.32 Å². The van der Waals surface area contributed by atoms with E-state index in [1.807, 2.05) is 27.7 Å². The minimum absolute atomic E-state index is 0.204. The average Bonchev–Trinajstić information content (AvgIpc) is 2.34. The quantitative estimate of drug-likeness (QED) is 0.835. The van der Waals surface area contributed by atoms with E-state index in [2.05, 4.69) is 5.32 Å². The molecule has 0 atom stereocenters. The second kappa shape index (κ2) is 9.29. The largest absolute Gasteiger partial charge is 0.444 e. The number of hydrogen-bond donors (Lipinski definition) is 1. The van der Waals surface area contributed by atoms with Gasteiger partial charge in [-0.3, -0.25) is 0 Å². The molecule has 1 N–H and O–H groups in total. The molecule has 0 aromatic rings. The van der Waals surface area contributed by atoms with Crippen LogP contribution in [-0.4, -0.2) is 42.3 Å². The van der Waals surface area contributed by atoms with Crippen molar-refractivity contribution in [3.05, 3.63) is 0 Å². The van der Waals surface area contributed by atoms with Crippen LogP contribution in [0.4, 0.5) is 4.79 Å². The van der Waals surface area contributed by atoms with Crippen molar-refractivity contribution < 1.29 is 9.53 Å². The van der Waals surface area contributed by atoms with Crippen LogP contribution in [-0.2, 0) is 4.74 Å². The first kappa shape index (κ1) is 18.3. The zero-order chi connectivity index (χ0) is 15.7. The monoisotopic (exact) mass is 298 g/mol. The number of hydrogen-bond acceptors (Lipinski definition) is 3. The lowest BCUT2D eigenvalue weighted by Crippen LogP contribution is -2.42. The van der Waals surface area contributed by atoms with Crippen LogP contribution in [0.15, 0.2) is 0 Å². The maximum Gasteiger partial charge on any atom is 0.410 e. The van der Waals surface area contributed by atoms with E-state index in [0.29, 0.717) is 12.6 Å². The molecule has 1 aliphatic carbocycles. The number of rotatable bonds is 5.